The number of rotatable bonds is 4. The maximum absolute atomic E-state index is 10.4. The van der Waals surface area contributed by atoms with Crippen LogP contribution in [0.3, 0.4) is 0 Å². The van der Waals surface area contributed by atoms with E-state index in [1.54, 1.807) is 0 Å². The van der Waals surface area contributed by atoms with Crippen molar-refractivity contribution in [2.45, 2.75) is 46.3 Å². The molecule has 0 fully saturated rings. The molecule has 2 rings (SSSR count). The second-order valence-corrected chi connectivity index (χ2v) is 6.11. The molecule has 0 heterocycles. The summed E-state index contributed by atoms with van der Waals surface area (Å²) in [6.07, 6.45) is -0.995. The molecule has 2 atom stereocenters. The van der Waals surface area contributed by atoms with Crippen molar-refractivity contribution in [3.05, 3.63) is 69.8 Å². The third-order valence-corrected chi connectivity index (χ3v) is 3.70. The van der Waals surface area contributed by atoms with Crippen LogP contribution in [0.1, 0.15) is 52.0 Å². The van der Waals surface area contributed by atoms with Crippen LogP contribution < -0.4 is 0 Å². The molecule has 0 aliphatic rings. The van der Waals surface area contributed by atoms with Crippen LogP contribution in [0.15, 0.2) is 36.4 Å². The van der Waals surface area contributed by atoms with Gasteiger partial charge >= 0.3 is 0 Å². The van der Waals surface area contributed by atoms with Crippen LogP contribution >= 0.6 is 0 Å². The van der Waals surface area contributed by atoms with E-state index >= 15 is 0 Å². The summed E-state index contributed by atoms with van der Waals surface area (Å²) in [5.41, 5.74) is 6.26. The van der Waals surface area contributed by atoms with Gasteiger partial charge in [-0.25, -0.2) is 0 Å². The van der Waals surface area contributed by atoms with Gasteiger partial charge in [0.15, 0.2) is 0 Å². The van der Waals surface area contributed by atoms with Crippen LogP contribution in [0.25, 0.3) is 0 Å². The summed E-state index contributed by atoms with van der Waals surface area (Å²) < 4.78 is 0. The summed E-state index contributed by atoms with van der Waals surface area (Å²) in [4.78, 5) is 0. The minimum atomic E-state index is -0.653. The average Bonchev–Trinajstić information content (AvgIpc) is 2.36. The lowest BCUT2D eigenvalue weighted by Crippen LogP contribution is -2.07. The second-order valence-electron chi connectivity index (χ2n) is 6.11. The first kappa shape index (κ1) is 15.7. The quantitative estimate of drug-likeness (QED) is 0.888. The van der Waals surface area contributed by atoms with Crippen LogP contribution in [0.2, 0.25) is 0 Å². The molecule has 0 saturated heterocycles. The predicted octanol–water partition coefficient (Wildman–Crippen LogP) is 4.08. The van der Waals surface area contributed by atoms with E-state index in [0.29, 0.717) is 6.42 Å². The van der Waals surface area contributed by atoms with Crippen LogP contribution in [0, 0.1) is 27.7 Å². The first-order valence-electron chi connectivity index (χ1n) is 7.37. The van der Waals surface area contributed by atoms with Crippen molar-refractivity contribution in [1.82, 2.24) is 0 Å². The van der Waals surface area contributed by atoms with E-state index in [1.165, 1.54) is 0 Å². The molecule has 0 amide bonds. The fourth-order valence-corrected chi connectivity index (χ4v) is 2.89. The topological polar surface area (TPSA) is 40.5 Å². The molecule has 0 spiro atoms. The minimum Gasteiger partial charge on any atom is -0.388 e. The number of hydrogen-bond donors (Lipinski definition) is 2. The van der Waals surface area contributed by atoms with Crippen molar-refractivity contribution in [3.8, 4) is 0 Å². The Morgan fingerprint density at radius 3 is 1.19 bits per heavy atom. The molecule has 21 heavy (non-hydrogen) atoms. The van der Waals surface area contributed by atoms with Gasteiger partial charge in [-0.1, -0.05) is 58.7 Å². The number of hydrogen-bond acceptors (Lipinski definition) is 2. The number of aliphatic hydroxyl groups is 2. The van der Waals surface area contributed by atoms with Crippen LogP contribution in [-0.2, 0) is 0 Å². The summed E-state index contributed by atoms with van der Waals surface area (Å²) in [6.45, 7) is 8.07. The fourth-order valence-electron chi connectivity index (χ4n) is 2.89. The Balaban J connectivity index is 2.16. The van der Waals surface area contributed by atoms with Crippen molar-refractivity contribution in [2.75, 3.05) is 0 Å². The van der Waals surface area contributed by atoms with Gasteiger partial charge < -0.3 is 10.2 Å². The zero-order chi connectivity index (χ0) is 15.6. The third-order valence-electron chi connectivity index (χ3n) is 3.70. The minimum absolute atomic E-state index is 0.311. The maximum Gasteiger partial charge on any atom is 0.0818 e. The number of aryl methyl sites for hydroxylation is 4. The first-order valence-corrected chi connectivity index (χ1v) is 7.37. The Bertz CT molecular complexity index is 535. The molecule has 0 radical (unpaired) electrons. The largest absolute Gasteiger partial charge is 0.388 e. The van der Waals surface area contributed by atoms with Gasteiger partial charge in [0, 0.05) is 6.42 Å². The van der Waals surface area contributed by atoms with Gasteiger partial charge in [-0.05, 0) is 38.8 Å². The Morgan fingerprint density at radius 1 is 0.619 bits per heavy atom. The van der Waals surface area contributed by atoms with Gasteiger partial charge in [-0.2, -0.15) is 0 Å². The highest BCUT2D eigenvalue weighted by atomic mass is 16.3. The molecule has 0 aliphatic carbocycles. The normalized spacial score (nSPS) is 14.0. The monoisotopic (exact) mass is 284 g/mol. The molecular formula is C19H24O2. The van der Waals surface area contributed by atoms with Crippen LogP contribution in [0.4, 0.5) is 0 Å². The molecule has 2 heteroatoms. The summed E-state index contributed by atoms with van der Waals surface area (Å²) in [7, 11) is 0. The lowest BCUT2D eigenvalue weighted by molar-refractivity contribution is 0.0803. The van der Waals surface area contributed by atoms with E-state index < -0.39 is 12.2 Å². The predicted molar refractivity (Wildman–Crippen MR) is 86.4 cm³/mol. The lowest BCUT2D eigenvalue weighted by atomic mass is 9.95. The first-order chi connectivity index (χ1) is 9.85. The Morgan fingerprint density at radius 2 is 0.905 bits per heavy atom. The molecule has 2 aromatic carbocycles. The van der Waals surface area contributed by atoms with Gasteiger partial charge in [-0.3, -0.25) is 0 Å². The van der Waals surface area contributed by atoms with Crippen molar-refractivity contribution >= 4 is 0 Å². The maximum atomic E-state index is 10.4. The van der Waals surface area contributed by atoms with E-state index in [4.69, 9.17) is 0 Å². The second kappa shape index (κ2) is 6.42. The summed E-state index contributed by atoms with van der Waals surface area (Å²) in [5, 5.41) is 20.8. The standard InChI is InChI=1S/C19H24O2/c1-12-5-13(2)8-16(7-12)18(20)11-19(21)17-9-14(3)6-15(4)10-17/h5-10,18-21H,11H2,1-4H3. The van der Waals surface area contributed by atoms with Crippen molar-refractivity contribution in [3.63, 3.8) is 0 Å². The van der Waals surface area contributed by atoms with E-state index in [-0.39, 0.29) is 0 Å². The molecule has 0 aromatic heterocycles. The van der Waals surface area contributed by atoms with E-state index in [2.05, 4.69) is 12.1 Å². The molecule has 2 aromatic rings. The molecule has 2 nitrogen and oxygen atoms in total. The fraction of sp³-hybridized carbons (Fsp3) is 0.368. The Hall–Kier alpha value is -1.64. The molecule has 0 bridgehead atoms. The molecule has 112 valence electrons. The highest BCUT2D eigenvalue weighted by Gasteiger charge is 2.16. The van der Waals surface area contributed by atoms with E-state index in [0.717, 1.165) is 33.4 Å². The van der Waals surface area contributed by atoms with E-state index in [9.17, 15) is 10.2 Å². The van der Waals surface area contributed by atoms with Crippen LogP contribution in [-0.4, -0.2) is 10.2 Å². The van der Waals surface area contributed by atoms with Crippen LogP contribution in [0.5, 0.6) is 0 Å². The third kappa shape index (κ3) is 4.16. The van der Waals surface area contributed by atoms with Gasteiger partial charge in [-0.15, -0.1) is 0 Å². The van der Waals surface area contributed by atoms with Gasteiger partial charge in [0.25, 0.3) is 0 Å². The SMILES string of the molecule is Cc1cc(C)cc(C(O)CC(O)c2cc(C)cc(C)c2)c1. The molecule has 0 aliphatic heterocycles. The van der Waals surface area contributed by atoms with Gasteiger partial charge in [0.05, 0.1) is 12.2 Å². The van der Waals surface area contributed by atoms with Gasteiger partial charge in [0.1, 0.15) is 0 Å². The zero-order valence-electron chi connectivity index (χ0n) is 13.2. The van der Waals surface area contributed by atoms with Crippen molar-refractivity contribution in [1.29, 1.82) is 0 Å². The number of aliphatic hydroxyl groups excluding tert-OH is 2. The Kier molecular flexibility index (Phi) is 4.81. The molecule has 0 saturated carbocycles. The highest BCUT2D eigenvalue weighted by molar-refractivity contribution is 5.32. The summed E-state index contributed by atoms with van der Waals surface area (Å²) in [5.74, 6) is 0. The molecule has 2 unspecified atom stereocenters. The summed E-state index contributed by atoms with van der Waals surface area (Å²) in [6, 6.07) is 12.1. The Labute approximate surface area is 127 Å². The molecular weight excluding hydrogens is 260 g/mol. The van der Waals surface area contributed by atoms with Gasteiger partial charge in [0.2, 0.25) is 0 Å². The summed E-state index contributed by atoms with van der Waals surface area (Å²) >= 11 is 0. The smallest absolute Gasteiger partial charge is 0.0818 e. The highest BCUT2D eigenvalue weighted by Crippen LogP contribution is 2.28. The number of benzene rings is 2. The van der Waals surface area contributed by atoms with Crippen molar-refractivity contribution in [2.24, 2.45) is 0 Å². The molecule has 2 N–H and O–H groups in total. The lowest BCUT2D eigenvalue weighted by Gasteiger charge is -2.18. The van der Waals surface area contributed by atoms with E-state index in [1.807, 2.05) is 52.0 Å². The van der Waals surface area contributed by atoms with Crippen molar-refractivity contribution < 1.29 is 10.2 Å². The average molecular weight is 284 g/mol. The zero-order valence-corrected chi connectivity index (χ0v) is 13.2.